The lowest BCUT2D eigenvalue weighted by atomic mass is 9.95. The second kappa shape index (κ2) is 9.38. The van der Waals surface area contributed by atoms with Gasteiger partial charge in [-0.15, -0.1) is 0 Å². The first-order chi connectivity index (χ1) is 12.1. The number of hydrogen-bond acceptors (Lipinski definition) is 2. The van der Waals surface area contributed by atoms with E-state index < -0.39 is 0 Å². The molecule has 0 spiro atoms. The first kappa shape index (κ1) is 19.2. The van der Waals surface area contributed by atoms with Gasteiger partial charge in [0, 0.05) is 6.54 Å². The lowest BCUT2D eigenvalue weighted by Gasteiger charge is -2.26. The Hall–Kier alpha value is -2.13. The molecular formula is C22H30N2O. The number of rotatable bonds is 8. The van der Waals surface area contributed by atoms with Gasteiger partial charge in [0.05, 0.1) is 12.0 Å². The second-order valence-corrected chi connectivity index (χ2v) is 6.69. The minimum atomic E-state index is -0.0912. The number of aryl methyl sites for hydroxylation is 1. The van der Waals surface area contributed by atoms with E-state index in [4.69, 9.17) is 0 Å². The monoisotopic (exact) mass is 338 g/mol. The fourth-order valence-electron chi connectivity index (χ4n) is 3.15. The van der Waals surface area contributed by atoms with Gasteiger partial charge in [-0.05, 0) is 43.6 Å². The quantitative estimate of drug-likeness (QED) is 0.784. The van der Waals surface area contributed by atoms with E-state index in [1.165, 1.54) is 11.1 Å². The summed E-state index contributed by atoms with van der Waals surface area (Å²) in [6, 6.07) is 18.9. The minimum absolute atomic E-state index is 0.0912. The SMILES string of the molecule is CCc1ccc([C@@H](CNC(=O)[C@H](CC)c2ccccc2)N(C)C)cc1. The minimum Gasteiger partial charge on any atom is -0.354 e. The van der Waals surface area contributed by atoms with Crippen LogP contribution in [0.5, 0.6) is 0 Å². The standard InChI is InChI=1S/C22H30N2O/c1-5-17-12-14-19(15-13-17)21(24(3)4)16-23-22(25)20(6-2)18-10-8-7-9-11-18/h7-15,20-21H,5-6,16H2,1-4H3,(H,23,25)/t20-,21-/m1/s1. The van der Waals surface area contributed by atoms with Crippen LogP contribution in [0, 0.1) is 0 Å². The summed E-state index contributed by atoms with van der Waals surface area (Å²) in [5.41, 5.74) is 3.65. The molecule has 0 radical (unpaired) electrons. The zero-order valence-electron chi connectivity index (χ0n) is 15.8. The van der Waals surface area contributed by atoms with Gasteiger partial charge in [0.15, 0.2) is 0 Å². The van der Waals surface area contributed by atoms with E-state index in [0.29, 0.717) is 6.54 Å². The highest BCUT2D eigenvalue weighted by Crippen LogP contribution is 2.21. The summed E-state index contributed by atoms with van der Waals surface area (Å²) in [4.78, 5) is 14.9. The molecule has 0 bridgehead atoms. The number of carbonyl (C=O) groups excluding carboxylic acids is 1. The summed E-state index contributed by atoms with van der Waals surface area (Å²) in [6.45, 7) is 4.83. The molecule has 1 N–H and O–H groups in total. The Morgan fingerprint density at radius 2 is 1.60 bits per heavy atom. The Labute approximate surface area is 152 Å². The van der Waals surface area contributed by atoms with Crippen molar-refractivity contribution in [2.45, 2.75) is 38.6 Å². The van der Waals surface area contributed by atoms with Crippen LogP contribution in [-0.2, 0) is 11.2 Å². The molecule has 2 aromatic carbocycles. The number of carbonyl (C=O) groups is 1. The Bertz CT molecular complexity index is 649. The summed E-state index contributed by atoms with van der Waals surface area (Å²) >= 11 is 0. The molecule has 2 rings (SSSR count). The second-order valence-electron chi connectivity index (χ2n) is 6.69. The molecule has 2 aromatic rings. The Balaban J connectivity index is 2.05. The highest BCUT2D eigenvalue weighted by atomic mass is 16.1. The van der Waals surface area contributed by atoms with E-state index in [2.05, 4.69) is 62.4 Å². The molecule has 3 heteroatoms. The highest BCUT2D eigenvalue weighted by molar-refractivity contribution is 5.83. The number of benzene rings is 2. The van der Waals surface area contributed by atoms with Gasteiger partial charge in [0.1, 0.15) is 0 Å². The van der Waals surface area contributed by atoms with Crippen LogP contribution in [0.4, 0.5) is 0 Å². The lowest BCUT2D eigenvalue weighted by Crippen LogP contribution is -2.37. The van der Waals surface area contributed by atoms with Crippen LogP contribution in [0.15, 0.2) is 54.6 Å². The molecule has 0 saturated heterocycles. The molecular weight excluding hydrogens is 308 g/mol. The molecule has 0 saturated carbocycles. The maximum Gasteiger partial charge on any atom is 0.227 e. The Kier molecular flexibility index (Phi) is 7.20. The molecule has 0 heterocycles. The van der Waals surface area contributed by atoms with Gasteiger partial charge in [-0.1, -0.05) is 68.4 Å². The number of nitrogens with one attached hydrogen (secondary N) is 1. The normalized spacial score (nSPS) is 13.5. The molecule has 0 aliphatic heterocycles. The zero-order chi connectivity index (χ0) is 18.2. The smallest absolute Gasteiger partial charge is 0.227 e. The van der Waals surface area contributed by atoms with Crippen LogP contribution in [0.3, 0.4) is 0 Å². The van der Waals surface area contributed by atoms with Crippen LogP contribution in [-0.4, -0.2) is 31.4 Å². The van der Waals surface area contributed by atoms with Crippen molar-refractivity contribution in [3.63, 3.8) is 0 Å². The summed E-state index contributed by atoms with van der Waals surface area (Å²) in [5, 5.41) is 3.16. The van der Waals surface area contributed by atoms with Gasteiger partial charge in [-0.2, -0.15) is 0 Å². The van der Waals surface area contributed by atoms with Gasteiger partial charge in [0.2, 0.25) is 5.91 Å². The average Bonchev–Trinajstić information content (AvgIpc) is 2.63. The van der Waals surface area contributed by atoms with Crippen molar-refractivity contribution in [1.82, 2.24) is 10.2 Å². The Morgan fingerprint density at radius 3 is 2.12 bits per heavy atom. The summed E-state index contributed by atoms with van der Waals surface area (Å²) in [6.07, 6.45) is 1.84. The van der Waals surface area contributed by atoms with Crippen molar-refractivity contribution in [3.8, 4) is 0 Å². The van der Waals surface area contributed by atoms with Crippen molar-refractivity contribution in [3.05, 3.63) is 71.3 Å². The first-order valence-electron chi connectivity index (χ1n) is 9.14. The van der Waals surface area contributed by atoms with E-state index in [1.807, 2.05) is 30.3 Å². The van der Waals surface area contributed by atoms with Gasteiger partial charge >= 0.3 is 0 Å². The molecule has 134 valence electrons. The summed E-state index contributed by atoms with van der Waals surface area (Å²) < 4.78 is 0. The van der Waals surface area contributed by atoms with Gasteiger partial charge < -0.3 is 10.2 Å². The van der Waals surface area contributed by atoms with Crippen molar-refractivity contribution in [1.29, 1.82) is 0 Å². The molecule has 3 nitrogen and oxygen atoms in total. The maximum atomic E-state index is 12.7. The van der Waals surface area contributed by atoms with Gasteiger partial charge in [0.25, 0.3) is 0 Å². The number of nitrogens with zero attached hydrogens (tertiary/aromatic N) is 1. The molecule has 0 aromatic heterocycles. The average molecular weight is 338 g/mol. The molecule has 0 aliphatic carbocycles. The van der Waals surface area contributed by atoms with E-state index in [9.17, 15) is 4.79 Å². The number of hydrogen-bond donors (Lipinski definition) is 1. The zero-order valence-corrected chi connectivity index (χ0v) is 15.8. The van der Waals surface area contributed by atoms with E-state index >= 15 is 0 Å². The molecule has 0 fully saturated rings. The van der Waals surface area contributed by atoms with E-state index in [0.717, 1.165) is 18.4 Å². The van der Waals surface area contributed by atoms with Crippen LogP contribution >= 0.6 is 0 Å². The lowest BCUT2D eigenvalue weighted by molar-refractivity contribution is -0.122. The van der Waals surface area contributed by atoms with Crippen molar-refractivity contribution in [2.75, 3.05) is 20.6 Å². The topological polar surface area (TPSA) is 32.3 Å². The third kappa shape index (κ3) is 5.17. The Morgan fingerprint density at radius 1 is 0.960 bits per heavy atom. The van der Waals surface area contributed by atoms with Crippen molar-refractivity contribution >= 4 is 5.91 Å². The predicted molar refractivity (Wildman–Crippen MR) is 105 cm³/mol. The molecule has 25 heavy (non-hydrogen) atoms. The predicted octanol–water partition coefficient (Wildman–Crippen LogP) is 4.16. The summed E-state index contributed by atoms with van der Waals surface area (Å²) in [5.74, 6) is 0.0113. The molecule has 0 aliphatic rings. The maximum absolute atomic E-state index is 12.7. The van der Waals surface area contributed by atoms with Crippen molar-refractivity contribution in [2.24, 2.45) is 0 Å². The largest absolute Gasteiger partial charge is 0.354 e. The van der Waals surface area contributed by atoms with Gasteiger partial charge in [-0.3, -0.25) is 4.79 Å². The molecule has 0 unspecified atom stereocenters. The third-order valence-corrected chi connectivity index (χ3v) is 4.79. The number of likely N-dealkylation sites (N-methyl/N-ethyl adjacent to an activating group) is 1. The molecule has 1 amide bonds. The van der Waals surface area contributed by atoms with Crippen LogP contribution in [0.25, 0.3) is 0 Å². The number of amides is 1. The third-order valence-electron chi connectivity index (χ3n) is 4.79. The van der Waals surface area contributed by atoms with E-state index in [1.54, 1.807) is 0 Å². The fraction of sp³-hybridized carbons (Fsp3) is 0.409. The van der Waals surface area contributed by atoms with Gasteiger partial charge in [-0.25, -0.2) is 0 Å². The van der Waals surface area contributed by atoms with Crippen LogP contribution in [0.1, 0.15) is 48.9 Å². The fourth-order valence-corrected chi connectivity index (χ4v) is 3.15. The van der Waals surface area contributed by atoms with E-state index in [-0.39, 0.29) is 17.9 Å². The highest BCUT2D eigenvalue weighted by Gasteiger charge is 2.21. The van der Waals surface area contributed by atoms with Crippen molar-refractivity contribution < 1.29 is 4.79 Å². The first-order valence-corrected chi connectivity index (χ1v) is 9.14. The van der Waals surface area contributed by atoms with Crippen LogP contribution < -0.4 is 5.32 Å². The molecule has 2 atom stereocenters. The van der Waals surface area contributed by atoms with Crippen LogP contribution in [0.2, 0.25) is 0 Å². The summed E-state index contributed by atoms with van der Waals surface area (Å²) in [7, 11) is 4.11.